The maximum Gasteiger partial charge on any atom is 0.254 e. The normalized spacial score (nSPS) is 15.8. The summed E-state index contributed by atoms with van der Waals surface area (Å²) in [5, 5.41) is 8.09. The van der Waals surface area contributed by atoms with E-state index >= 15 is 0 Å². The van der Waals surface area contributed by atoms with E-state index in [9.17, 15) is 4.79 Å². The summed E-state index contributed by atoms with van der Waals surface area (Å²) in [6.45, 7) is 5.68. The molecule has 7 nitrogen and oxygen atoms in total. The molecule has 7 heteroatoms. The molecular weight excluding hydrogens is 438 g/mol. The van der Waals surface area contributed by atoms with Gasteiger partial charge in [0.15, 0.2) is 0 Å². The van der Waals surface area contributed by atoms with Crippen molar-refractivity contribution in [2.24, 2.45) is 5.92 Å². The van der Waals surface area contributed by atoms with E-state index in [1.165, 1.54) is 0 Å². The minimum absolute atomic E-state index is 0.00866. The monoisotopic (exact) mass is 467 g/mol. The first-order valence-corrected chi connectivity index (χ1v) is 12.0. The molecule has 1 fully saturated rings. The van der Waals surface area contributed by atoms with Gasteiger partial charge in [-0.25, -0.2) is 9.97 Å². The van der Waals surface area contributed by atoms with Gasteiger partial charge in [-0.3, -0.25) is 9.36 Å². The van der Waals surface area contributed by atoms with Gasteiger partial charge in [0.05, 0.1) is 17.6 Å². The second-order valence-corrected chi connectivity index (χ2v) is 9.15. The summed E-state index contributed by atoms with van der Waals surface area (Å²) < 4.78 is 8.07. The Hall–Kier alpha value is -4.00. The standard InChI is InChI=1S/C28H29N5O2/c1-19-7-5-11-25(27(19)20(2)29)35-17-21-8-6-14-32(16-21)28(34)22-12-13-30-26(15-22)33-18-31-23-9-3-4-10-24(23)33/h3-5,7,9-13,15,18,21,29H,6,8,14,16-17H2,1-2H3. The largest absolute Gasteiger partial charge is 0.493 e. The highest BCUT2D eigenvalue weighted by molar-refractivity contribution is 6.00. The van der Waals surface area contributed by atoms with Gasteiger partial charge in [0.2, 0.25) is 0 Å². The topological polar surface area (TPSA) is 84.1 Å². The maximum absolute atomic E-state index is 13.4. The Bertz CT molecular complexity index is 1390. The van der Waals surface area contributed by atoms with Gasteiger partial charge in [-0.1, -0.05) is 24.3 Å². The third-order valence-electron chi connectivity index (χ3n) is 6.58. The Morgan fingerprint density at radius 1 is 1.14 bits per heavy atom. The average molecular weight is 468 g/mol. The van der Waals surface area contributed by atoms with Crippen LogP contribution in [-0.4, -0.2) is 50.8 Å². The van der Waals surface area contributed by atoms with Crippen LogP contribution in [0.5, 0.6) is 5.75 Å². The lowest BCUT2D eigenvalue weighted by atomic mass is 9.98. The van der Waals surface area contributed by atoms with Gasteiger partial charge >= 0.3 is 0 Å². The molecule has 1 aliphatic rings. The number of amides is 1. The van der Waals surface area contributed by atoms with Crippen LogP contribution in [0.1, 0.15) is 41.3 Å². The number of nitrogens with zero attached hydrogens (tertiary/aromatic N) is 4. The van der Waals surface area contributed by atoms with Crippen LogP contribution < -0.4 is 4.74 Å². The lowest BCUT2D eigenvalue weighted by Crippen LogP contribution is -2.41. The van der Waals surface area contributed by atoms with Crippen molar-refractivity contribution < 1.29 is 9.53 Å². The lowest BCUT2D eigenvalue weighted by Gasteiger charge is -2.33. The molecule has 178 valence electrons. The summed E-state index contributed by atoms with van der Waals surface area (Å²) >= 11 is 0. The molecule has 0 spiro atoms. The number of imidazole rings is 1. The third-order valence-corrected chi connectivity index (χ3v) is 6.58. The zero-order chi connectivity index (χ0) is 24.4. The lowest BCUT2D eigenvalue weighted by molar-refractivity contribution is 0.0633. The van der Waals surface area contributed by atoms with Gasteiger partial charge in [0.25, 0.3) is 5.91 Å². The number of likely N-dealkylation sites (tertiary alicyclic amines) is 1. The number of aryl methyl sites for hydroxylation is 1. The summed E-state index contributed by atoms with van der Waals surface area (Å²) in [4.78, 5) is 24.2. The minimum atomic E-state index is 0.00866. The molecule has 5 rings (SSSR count). The number of hydrogen-bond donors (Lipinski definition) is 1. The van der Waals surface area contributed by atoms with Gasteiger partial charge < -0.3 is 15.0 Å². The van der Waals surface area contributed by atoms with E-state index in [1.54, 1.807) is 25.5 Å². The van der Waals surface area contributed by atoms with Crippen molar-refractivity contribution in [1.82, 2.24) is 19.4 Å². The van der Waals surface area contributed by atoms with Crippen molar-refractivity contribution >= 4 is 22.7 Å². The predicted molar refractivity (Wildman–Crippen MR) is 137 cm³/mol. The second kappa shape index (κ2) is 9.70. The fraction of sp³-hybridized carbons (Fsp3) is 0.286. The Labute approximate surface area is 204 Å². The fourth-order valence-electron chi connectivity index (χ4n) is 4.84. The molecule has 0 saturated carbocycles. The summed E-state index contributed by atoms with van der Waals surface area (Å²) in [6.07, 6.45) is 5.37. The van der Waals surface area contributed by atoms with Gasteiger partial charge in [0, 0.05) is 42.0 Å². The van der Waals surface area contributed by atoms with Gasteiger partial charge in [-0.15, -0.1) is 0 Å². The molecular formula is C28H29N5O2. The molecule has 1 amide bonds. The van der Waals surface area contributed by atoms with E-state index in [4.69, 9.17) is 10.1 Å². The second-order valence-electron chi connectivity index (χ2n) is 9.15. The van der Waals surface area contributed by atoms with Crippen LogP contribution in [0, 0.1) is 18.3 Å². The Morgan fingerprint density at radius 2 is 2.00 bits per heavy atom. The highest BCUT2D eigenvalue weighted by Crippen LogP contribution is 2.26. The van der Waals surface area contributed by atoms with Gasteiger partial charge in [-0.2, -0.15) is 0 Å². The first-order valence-electron chi connectivity index (χ1n) is 12.0. The van der Waals surface area contributed by atoms with E-state index < -0.39 is 0 Å². The first-order chi connectivity index (χ1) is 17.0. The van der Waals surface area contributed by atoms with Crippen LogP contribution in [-0.2, 0) is 0 Å². The SMILES string of the molecule is CC(=N)c1c(C)cccc1OCC1CCCN(C(=O)c2ccnc(-n3cnc4ccccc43)c2)C1. The molecule has 2 aromatic heterocycles. The van der Waals surface area contributed by atoms with Gasteiger partial charge in [-0.05, 0) is 62.6 Å². The molecule has 0 bridgehead atoms. The number of carbonyl (C=O) groups excluding carboxylic acids is 1. The Balaban J connectivity index is 1.29. The molecule has 0 aliphatic carbocycles. The fourth-order valence-corrected chi connectivity index (χ4v) is 4.84. The molecule has 35 heavy (non-hydrogen) atoms. The number of carbonyl (C=O) groups is 1. The minimum Gasteiger partial charge on any atom is -0.493 e. The van der Waals surface area contributed by atoms with Crippen LogP contribution in [0.2, 0.25) is 0 Å². The summed E-state index contributed by atoms with van der Waals surface area (Å²) in [7, 11) is 0. The zero-order valence-electron chi connectivity index (χ0n) is 20.1. The van der Waals surface area contributed by atoms with Crippen molar-refractivity contribution in [2.45, 2.75) is 26.7 Å². The number of benzene rings is 2. The van der Waals surface area contributed by atoms with E-state index in [0.29, 0.717) is 30.2 Å². The van der Waals surface area contributed by atoms with Crippen molar-refractivity contribution in [2.75, 3.05) is 19.7 Å². The number of pyridine rings is 1. The molecule has 1 atom stereocenters. The first kappa shape index (κ1) is 22.8. The smallest absolute Gasteiger partial charge is 0.254 e. The summed E-state index contributed by atoms with van der Waals surface area (Å²) in [5.41, 5.74) is 4.85. The van der Waals surface area contributed by atoms with Crippen molar-refractivity contribution in [3.8, 4) is 11.6 Å². The Kier molecular flexibility index (Phi) is 6.31. The molecule has 1 saturated heterocycles. The summed E-state index contributed by atoms with van der Waals surface area (Å²) in [5.74, 6) is 1.67. The molecule has 1 N–H and O–H groups in total. The van der Waals surface area contributed by atoms with E-state index in [1.807, 2.05) is 64.9 Å². The van der Waals surface area contributed by atoms with Crippen LogP contribution in [0.4, 0.5) is 0 Å². The van der Waals surface area contributed by atoms with Crippen molar-refractivity contribution in [3.63, 3.8) is 0 Å². The average Bonchev–Trinajstić information content (AvgIpc) is 3.31. The molecule has 4 aromatic rings. The predicted octanol–water partition coefficient (Wildman–Crippen LogP) is 5.05. The molecule has 3 heterocycles. The van der Waals surface area contributed by atoms with Gasteiger partial charge in [0.1, 0.15) is 17.9 Å². The Morgan fingerprint density at radius 3 is 2.86 bits per heavy atom. The number of hydrogen-bond acceptors (Lipinski definition) is 5. The van der Waals surface area contributed by atoms with Crippen LogP contribution in [0.15, 0.2) is 67.1 Å². The van der Waals surface area contributed by atoms with Crippen molar-refractivity contribution in [1.29, 1.82) is 5.41 Å². The zero-order valence-corrected chi connectivity index (χ0v) is 20.1. The maximum atomic E-state index is 13.4. The number of para-hydroxylation sites is 2. The summed E-state index contributed by atoms with van der Waals surface area (Å²) in [6, 6.07) is 17.4. The van der Waals surface area contributed by atoms with Crippen LogP contribution in [0.3, 0.4) is 0 Å². The highest BCUT2D eigenvalue weighted by atomic mass is 16.5. The number of ether oxygens (including phenoxy) is 1. The molecule has 1 aliphatic heterocycles. The van der Waals surface area contributed by atoms with Crippen LogP contribution in [0.25, 0.3) is 16.9 Å². The quantitative estimate of drug-likeness (QED) is 0.402. The van der Waals surface area contributed by atoms with E-state index in [-0.39, 0.29) is 11.8 Å². The van der Waals surface area contributed by atoms with Crippen LogP contribution >= 0.6 is 0 Å². The van der Waals surface area contributed by atoms with E-state index in [0.717, 1.165) is 47.3 Å². The number of fused-ring (bicyclic) bond motifs is 1. The highest BCUT2D eigenvalue weighted by Gasteiger charge is 2.26. The molecule has 0 radical (unpaired) electrons. The third kappa shape index (κ3) is 4.67. The number of piperidine rings is 1. The molecule has 2 aromatic carbocycles. The number of aromatic nitrogens is 3. The van der Waals surface area contributed by atoms with E-state index in [2.05, 4.69) is 9.97 Å². The molecule has 1 unspecified atom stereocenters. The van der Waals surface area contributed by atoms with Crippen molar-refractivity contribution in [3.05, 3.63) is 83.8 Å². The number of rotatable bonds is 6. The number of nitrogens with one attached hydrogen (secondary N) is 1.